The molecule has 0 spiro atoms. The molecule has 11 nitrogen and oxygen atoms in total. The third-order valence-corrected chi connectivity index (χ3v) is 4.84. The van der Waals surface area contributed by atoms with E-state index in [1.165, 1.54) is 6.07 Å². The van der Waals surface area contributed by atoms with E-state index < -0.39 is 59.6 Å². The van der Waals surface area contributed by atoms with Crippen LogP contribution in [0, 0.1) is 0 Å². The summed E-state index contributed by atoms with van der Waals surface area (Å²) in [6, 6.07) is 5.50. The Hall–Kier alpha value is -3.51. The highest BCUT2D eigenvalue weighted by atomic mass is 16.7. The van der Waals surface area contributed by atoms with Crippen molar-refractivity contribution in [2.75, 3.05) is 6.61 Å². The Morgan fingerprint density at radius 2 is 1.65 bits per heavy atom. The Morgan fingerprint density at radius 1 is 0.903 bits per heavy atom. The average molecular weight is 434 g/mol. The molecule has 0 aliphatic carbocycles. The van der Waals surface area contributed by atoms with E-state index in [-0.39, 0.29) is 28.0 Å². The van der Waals surface area contributed by atoms with E-state index in [9.17, 15) is 40.5 Å². The molecule has 2 aromatic carbocycles. The molecule has 7 N–H and O–H groups in total. The van der Waals surface area contributed by atoms with Crippen LogP contribution in [0.15, 0.2) is 39.5 Å². The number of hydrogen-bond donors (Lipinski definition) is 7. The summed E-state index contributed by atoms with van der Waals surface area (Å²) in [7, 11) is 0. The number of benzene rings is 2. The zero-order chi connectivity index (χ0) is 22.4. The lowest BCUT2D eigenvalue weighted by atomic mass is 10.1. The zero-order valence-electron chi connectivity index (χ0n) is 15.7. The molecule has 0 amide bonds. The van der Waals surface area contributed by atoms with Crippen molar-refractivity contribution in [3.8, 4) is 40.1 Å². The summed E-state index contributed by atoms with van der Waals surface area (Å²) in [6.45, 7) is -0.393. The summed E-state index contributed by atoms with van der Waals surface area (Å²) < 4.78 is 16.3. The number of phenolic OH excluding ortho intramolecular Hbond substituents is 4. The number of aliphatic hydroxyl groups excluding tert-OH is 3. The summed E-state index contributed by atoms with van der Waals surface area (Å²) in [5, 5.41) is 68.6. The smallest absolute Gasteiger partial charge is 0.239 e. The Kier molecular flexibility index (Phi) is 5.11. The highest BCUT2D eigenvalue weighted by molar-refractivity contribution is 5.88. The minimum Gasteiger partial charge on any atom is -0.508 e. The molecule has 31 heavy (non-hydrogen) atoms. The monoisotopic (exact) mass is 434 g/mol. The quantitative estimate of drug-likeness (QED) is 0.277. The van der Waals surface area contributed by atoms with Crippen LogP contribution in [-0.4, -0.2) is 67.0 Å². The predicted octanol–water partition coefficient (Wildman–Crippen LogP) is 0.100. The Balaban J connectivity index is 1.92. The van der Waals surface area contributed by atoms with E-state index in [1.54, 1.807) is 0 Å². The summed E-state index contributed by atoms with van der Waals surface area (Å²) >= 11 is 0. The molecule has 1 saturated heterocycles. The van der Waals surface area contributed by atoms with Crippen molar-refractivity contribution in [1.82, 2.24) is 0 Å². The molecule has 0 radical (unpaired) electrons. The largest absolute Gasteiger partial charge is 0.508 e. The molecule has 4 atom stereocenters. The van der Waals surface area contributed by atoms with Gasteiger partial charge in [0.2, 0.25) is 17.5 Å². The second-order valence-corrected chi connectivity index (χ2v) is 7.00. The van der Waals surface area contributed by atoms with Gasteiger partial charge in [-0.3, -0.25) is 4.79 Å². The first kappa shape index (κ1) is 20.8. The number of hydrogen-bond acceptors (Lipinski definition) is 11. The fourth-order valence-electron chi connectivity index (χ4n) is 3.23. The summed E-state index contributed by atoms with van der Waals surface area (Å²) in [6.07, 6.45) is -6.29. The van der Waals surface area contributed by atoms with Crippen LogP contribution in [0.25, 0.3) is 22.3 Å². The number of rotatable bonds is 3. The van der Waals surface area contributed by atoms with Gasteiger partial charge in [0.15, 0.2) is 17.3 Å². The van der Waals surface area contributed by atoms with Crippen molar-refractivity contribution in [2.45, 2.75) is 24.6 Å². The Labute approximate surface area is 173 Å². The second kappa shape index (κ2) is 7.63. The van der Waals surface area contributed by atoms with Gasteiger partial charge in [-0.1, -0.05) is 0 Å². The molecule has 1 aliphatic rings. The van der Waals surface area contributed by atoms with Crippen LogP contribution in [0.2, 0.25) is 0 Å². The molecule has 3 unspecified atom stereocenters. The maximum atomic E-state index is 13.1. The number of aliphatic hydroxyl groups is 3. The number of fused-ring (bicyclic) bond motifs is 1. The standard InChI is InChI=1S/C20H18O11/c21-8-4-11(24)14-13(5-8)30-18(7-1-2-9(22)10(23)3-7)19(16(14)27)31-20-17(28)15(26)12(25)6-29-20/h1-5,12,15,17,20-26,28H,6H2/t12?,15?,17-,20?/m1/s1. The molecule has 1 aromatic heterocycles. The van der Waals surface area contributed by atoms with E-state index in [2.05, 4.69) is 0 Å². The second-order valence-electron chi connectivity index (χ2n) is 7.00. The molecule has 0 bridgehead atoms. The Morgan fingerprint density at radius 3 is 2.35 bits per heavy atom. The zero-order valence-corrected chi connectivity index (χ0v) is 15.7. The maximum Gasteiger partial charge on any atom is 0.239 e. The normalized spacial score (nSPS) is 23.7. The molecular formula is C20H18O11. The van der Waals surface area contributed by atoms with E-state index in [1.807, 2.05) is 0 Å². The van der Waals surface area contributed by atoms with Crippen molar-refractivity contribution >= 4 is 11.0 Å². The van der Waals surface area contributed by atoms with Gasteiger partial charge in [-0.15, -0.1) is 0 Å². The molecule has 11 heteroatoms. The topological polar surface area (TPSA) is 190 Å². The van der Waals surface area contributed by atoms with E-state index in [4.69, 9.17) is 13.9 Å². The first-order chi connectivity index (χ1) is 14.7. The lowest BCUT2D eigenvalue weighted by molar-refractivity contribution is -0.242. The van der Waals surface area contributed by atoms with Crippen LogP contribution in [0.4, 0.5) is 0 Å². The third kappa shape index (κ3) is 3.59. The third-order valence-electron chi connectivity index (χ3n) is 4.84. The molecule has 4 rings (SSSR count). The minimum atomic E-state index is -1.73. The van der Waals surface area contributed by atoms with Gasteiger partial charge >= 0.3 is 0 Å². The lowest BCUT2D eigenvalue weighted by Gasteiger charge is -2.34. The summed E-state index contributed by atoms with van der Waals surface area (Å²) in [4.78, 5) is 13.1. The predicted molar refractivity (Wildman–Crippen MR) is 103 cm³/mol. The van der Waals surface area contributed by atoms with Crippen molar-refractivity contribution in [1.29, 1.82) is 0 Å². The SMILES string of the molecule is O=c1c(OC2OCC(O)C(O)[C@H]2O)c(-c2ccc(O)c(O)c2)oc2cc(O)cc(O)c12. The van der Waals surface area contributed by atoms with Crippen LogP contribution < -0.4 is 10.2 Å². The van der Waals surface area contributed by atoms with Crippen molar-refractivity contribution < 1.29 is 49.6 Å². The van der Waals surface area contributed by atoms with Gasteiger partial charge in [-0.05, 0) is 18.2 Å². The van der Waals surface area contributed by atoms with E-state index in [0.717, 1.165) is 24.3 Å². The summed E-state index contributed by atoms with van der Waals surface area (Å²) in [5.74, 6) is -2.79. The first-order valence-corrected chi connectivity index (χ1v) is 9.05. The summed E-state index contributed by atoms with van der Waals surface area (Å²) in [5.41, 5.74) is -1.05. The van der Waals surface area contributed by atoms with Crippen LogP contribution in [-0.2, 0) is 4.74 Å². The molecule has 3 aromatic rings. The molecule has 1 aliphatic heterocycles. The van der Waals surface area contributed by atoms with Crippen LogP contribution in [0.1, 0.15) is 0 Å². The minimum absolute atomic E-state index is 0.0676. The van der Waals surface area contributed by atoms with Gasteiger partial charge in [-0.2, -0.15) is 0 Å². The number of ether oxygens (including phenoxy) is 2. The Bertz CT molecular complexity index is 1200. The van der Waals surface area contributed by atoms with E-state index >= 15 is 0 Å². The maximum absolute atomic E-state index is 13.1. The van der Waals surface area contributed by atoms with Crippen LogP contribution >= 0.6 is 0 Å². The first-order valence-electron chi connectivity index (χ1n) is 9.05. The van der Waals surface area contributed by atoms with Crippen LogP contribution in [0.5, 0.6) is 28.7 Å². The highest BCUT2D eigenvalue weighted by Crippen LogP contribution is 2.39. The fraction of sp³-hybridized carbons (Fsp3) is 0.250. The molecule has 0 saturated carbocycles. The molecule has 164 valence electrons. The lowest BCUT2D eigenvalue weighted by Crippen LogP contribution is -2.55. The van der Waals surface area contributed by atoms with Gasteiger partial charge in [-0.25, -0.2) is 0 Å². The van der Waals surface area contributed by atoms with Crippen molar-refractivity contribution in [3.05, 3.63) is 40.6 Å². The fourth-order valence-corrected chi connectivity index (χ4v) is 3.23. The van der Waals surface area contributed by atoms with Gasteiger partial charge in [0, 0.05) is 17.7 Å². The van der Waals surface area contributed by atoms with Crippen LogP contribution in [0.3, 0.4) is 0 Å². The molecular weight excluding hydrogens is 416 g/mol. The molecule has 2 heterocycles. The molecule has 1 fully saturated rings. The van der Waals surface area contributed by atoms with Gasteiger partial charge in [0.25, 0.3) is 0 Å². The van der Waals surface area contributed by atoms with Crippen molar-refractivity contribution in [3.63, 3.8) is 0 Å². The highest BCUT2D eigenvalue weighted by Gasteiger charge is 2.40. The van der Waals surface area contributed by atoms with Gasteiger partial charge < -0.3 is 49.6 Å². The van der Waals surface area contributed by atoms with Gasteiger partial charge in [0.05, 0.1) is 6.61 Å². The van der Waals surface area contributed by atoms with Gasteiger partial charge in [0.1, 0.15) is 40.8 Å². The number of aromatic hydroxyl groups is 4. The van der Waals surface area contributed by atoms with Crippen molar-refractivity contribution in [2.24, 2.45) is 0 Å². The van der Waals surface area contributed by atoms with E-state index in [0.29, 0.717) is 0 Å². The number of phenols is 4. The average Bonchev–Trinajstić information content (AvgIpc) is 2.71.